The number of carbonyl (C=O) groups excluding carboxylic acids is 1. The molecular weight excluding hydrogens is 408 g/mol. The maximum Gasteiger partial charge on any atom is 0.416 e. The Balaban J connectivity index is 2.02. The van der Waals surface area contributed by atoms with Gasteiger partial charge in [-0.2, -0.15) is 13.2 Å². The standard InChI is InChI=1S/C17H11Cl2F3N2OS/c18-12-4-2-1-3-10(12)5-8-15(25)24-16(26)23-14-9-11(17(20,21)22)6-7-13(14)19/h1-9H,(H2,23,24,25,26)/b8-5+. The van der Waals surface area contributed by atoms with E-state index in [2.05, 4.69) is 10.6 Å². The van der Waals surface area contributed by atoms with Gasteiger partial charge in [0.15, 0.2) is 5.11 Å². The zero-order chi connectivity index (χ0) is 19.3. The number of hydrogen-bond donors (Lipinski definition) is 2. The minimum absolute atomic E-state index is 0.0289. The Morgan fingerprint density at radius 1 is 1.08 bits per heavy atom. The summed E-state index contributed by atoms with van der Waals surface area (Å²) >= 11 is 16.7. The molecule has 26 heavy (non-hydrogen) atoms. The molecule has 136 valence electrons. The van der Waals surface area contributed by atoms with Gasteiger partial charge in [0.1, 0.15) is 0 Å². The van der Waals surface area contributed by atoms with Crippen LogP contribution in [0.15, 0.2) is 48.5 Å². The normalized spacial score (nSPS) is 11.4. The first-order valence-corrected chi connectivity index (χ1v) is 8.24. The third-order valence-electron chi connectivity index (χ3n) is 3.10. The fraction of sp³-hybridized carbons (Fsp3) is 0.0588. The Morgan fingerprint density at radius 2 is 1.77 bits per heavy atom. The van der Waals surface area contributed by atoms with E-state index in [0.717, 1.165) is 18.2 Å². The molecule has 0 radical (unpaired) electrons. The number of halogens is 5. The Morgan fingerprint density at radius 3 is 2.42 bits per heavy atom. The predicted molar refractivity (Wildman–Crippen MR) is 101 cm³/mol. The molecule has 0 fully saturated rings. The van der Waals surface area contributed by atoms with Crippen LogP contribution in [0.1, 0.15) is 11.1 Å². The first-order valence-electron chi connectivity index (χ1n) is 7.08. The molecule has 0 unspecified atom stereocenters. The number of amides is 1. The summed E-state index contributed by atoms with van der Waals surface area (Å²) in [5.74, 6) is -0.578. The summed E-state index contributed by atoms with van der Waals surface area (Å²) in [7, 11) is 0. The van der Waals surface area contributed by atoms with Crippen LogP contribution < -0.4 is 10.6 Å². The molecule has 2 N–H and O–H groups in total. The van der Waals surface area contributed by atoms with E-state index in [0.29, 0.717) is 10.6 Å². The second-order valence-corrected chi connectivity index (χ2v) is 6.21. The molecule has 0 saturated carbocycles. The molecule has 2 aromatic carbocycles. The summed E-state index contributed by atoms with van der Waals surface area (Å²) in [6, 6.07) is 9.63. The van der Waals surface area contributed by atoms with Crippen molar-refractivity contribution in [2.45, 2.75) is 6.18 Å². The average Bonchev–Trinajstić information content (AvgIpc) is 2.55. The van der Waals surface area contributed by atoms with E-state index < -0.39 is 17.6 Å². The van der Waals surface area contributed by atoms with E-state index in [1.165, 1.54) is 12.2 Å². The van der Waals surface area contributed by atoms with Crippen LogP contribution in [-0.4, -0.2) is 11.0 Å². The van der Waals surface area contributed by atoms with Gasteiger partial charge < -0.3 is 5.32 Å². The minimum Gasteiger partial charge on any atom is -0.331 e. The fourth-order valence-corrected chi connectivity index (χ4v) is 2.45. The van der Waals surface area contributed by atoms with Crippen molar-refractivity contribution in [2.75, 3.05) is 5.32 Å². The molecule has 0 aromatic heterocycles. The largest absolute Gasteiger partial charge is 0.416 e. The lowest BCUT2D eigenvalue weighted by molar-refractivity contribution is -0.137. The summed E-state index contributed by atoms with van der Waals surface area (Å²) in [4.78, 5) is 11.9. The van der Waals surface area contributed by atoms with Gasteiger partial charge in [-0.3, -0.25) is 10.1 Å². The molecule has 0 spiro atoms. The topological polar surface area (TPSA) is 41.1 Å². The third kappa shape index (κ3) is 5.72. The average molecular weight is 419 g/mol. The first kappa shape index (κ1) is 20.2. The number of carbonyl (C=O) groups is 1. The molecule has 2 rings (SSSR count). The smallest absolute Gasteiger partial charge is 0.331 e. The Hall–Kier alpha value is -2.09. The predicted octanol–water partition coefficient (Wildman–Crippen LogP) is 5.54. The van der Waals surface area contributed by atoms with E-state index in [-0.39, 0.29) is 15.8 Å². The highest BCUT2D eigenvalue weighted by atomic mass is 35.5. The van der Waals surface area contributed by atoms with Gasteiger partial charge in [0.05, 0.1) is 16.3 Å². The van der Waals surface area contributed by atoms with Crippen molar-refractivity contribution in [3.63, 3.8) is 0 Å². The zero-order valence-corrected chi connectivity index (χ0v) is 15.2. The third-order valence-corrected chi connectivity index (χ3v) is 3.98. The number of anilines is 1. The number of rotatable bonds is 3. The molecule has 0 aliphatic heterocycles. The number of benzene rings is 2. The van der Waals surface area contributed by atoms with Crippen molar-refractivity contribution in [1.82, 2.24) is 5.32 Å². The Labute approximate surface area is 162 Å². The molecule has 0 aliphatic carbocycles. The van der Waals surface area contributed by atoms with Gasteiger partial charge in [0.2, 0.25) is 5.91 Å². The van der Waals surface area contributed by atoms with Crippen molar-refractivity contribution in [2.24, 2.45) is 0 Å². The molecule has 1 amide bonds. The second kappa shape index (κ2) is 8.53. The molecule has 2 aromatic rings. The summed E-state index contributed by atoms with van der Waals surface area (Å²) in [6.45, 7) is 0. The van der Waals surface area contributed by atoms with E-state index in [1.807, 2.05) is 0 Å². The van der Waals surface area contributed by atoms with Crippen LogP contribution in [0.3, 0.4) is 0 Å². The number of alkyl halides is 3. The number of hydrogen-bond acceptors (Lipinski definition) is 2. The van der Waals surface area contributed by atoms with Gasteiger partial charge in [0.25, 0.3) is 0 Å². The Bertz CT molecular complexity index is 869. The highest BCUT2D eigenvalue weighted by Crippen LogP contribution is 2.33. The molecule has 0 bridgehead atoms. The van der Waals surface area contributed by atoms with Gasteiger partial charge >= 0.3 is 6.18 Å². The van der Waals surface area contributed by atoms with E-state index in [1.54, 1.807) is 24.3 Å². The monoisotopic (exact) mass is 418 g/mol. The van der Waals surface area contributed by atoms with Crippen LogP contribution in [0.2, 0.25) is 10.0 Å². The van der Waals surface area contributed by atoms with Gasteiger partial charge in [-0.25, -0.2) is 0 Å². The first-order chi connectivity index (χ1) is 12.2. The molecule has 0 saturated heterocycles. The van der Waals surface area contributed by atoms with Crippen LogP contribution in [0.5, 0.6) is 0 Å². The van der Waals surface area contributed by atoms with Crippen molar-refractivity contribution >= 4 is 58.2 Å². The van der Waals surface area contributed by atoms with Gasteiger partial charge in [-0.15, -0.1) is 0 Å². The summed E-state index contributed by atoms with van der Waals surface area (Å²) in [6.07, 6.45) is -1.84. The number of nitrogens with one attached hydrogen (secondary N) is 2. The van der Waals surface area contributed by atoms with Gasteiger partial charge in [0, 0.05) is 11.1 Å². The Kier molecular flexibility index (Phi) is 6.63. The van der Waals surface area contributed by atoms with Crippen LogP contribution >= 0.6 is 35.4 Å². The van der Waals surface area contributed by atoms with E-state index in [9.17, 15) is 18.0 Å². The lowest BCUT2D eigenvalue weighted by Gasteiger charge is -2.13. The highest BCUT2D eigenvalue weighted by Gasteiger charge is 2.31. The minimum atomic E-state index is -4.52. The molecule has 3 nitrogen and oxygen atoms in total. The zero-order valence-electron chi connectivity index (χ0n) is 12.9. The van der Waals surface area contributed by atoms with Crippen molar-refractivity contribution in [1.29, 1.82) is 0 Å². The summed E-state index contributed by atoms with van der Waals surface area (Å²) in [5, 5.41) is 5.09. The molecule has 9 heteroatoms. The van der Waals surface area contributed by atoms with Crippen LogP contribution in [0, 0.1) is 0 Å². The van der Waals surface area contributed by atoms with Crippen molar-refractivity contribution in [3.05, 3.63) is 69.7 Å². The summed E-state index contributed by atoms with van der Waals surface area (Å²) in [5.41, 5.74) is -0.330. The molecule has 0 atom stereocenters. The van der Waals surface area contributed by atoms with Crippen LogP contribution in [0.25, 0.3) is 6.08 Å². The lowest BCUT2D eigenvalue weighted by Crippen LogP contribution is -2.33. The van der Waals surface area contributed by atoms with Crippen LogP contribution in [-0.2, 0) is 11.0 Å². The van der Waals surface area contributed by atoms with Crippen LogP contribution in [0.4, 0.5) is 18.9 Å². The highest BCUT2D eigenvalue weighted by molar-refractivity contribution is 7.80. The lowest BCUT2D eigenvalue weighted by atomic mass is 10.2. The number of thiocarbonyl (C=S) groups is 1. The SMILES string of the molecule is O=C(/C=C/c1ccccc1Cl)NC(=S)Nc1cc(C(F)(F)F)ccc1Cl. The molecule has 0 aliphatic rings. The maximum absolute atomic E-state index is 12.7. The molecular formula is C17H11Cl2F3N2OS. The molecule has 0 heterocycles. The second-order valence-electron chi connectivity index (χ2n) is 4.99. The quantitative estimate of drug-likeness (QED) is 0.507. The fourth-order valence-electron chi connectivity index (χ4n) is 1.88. The van der Waals surface area contributed by atoms with Gasteiger partial charge in [-0.05, 0) is 48.1 Å². The van der Waals surface area contributed by atoms with Crippen molar-refractivity contribution in [3.8, 4) is 0 Å². The van der Waals surface area contributed by atoms with Crippen molar-refractivity contribution < 1.29 is 18.0 Å². The van der Waals surface area contributed by atoms with E-state index >= 15 is 0 Å². The van der Waals surface area contributed by atoms with E-state index in [4.69, 9.17) is 35.4 Å². The maximum atomic E-state index is 12.7. The van der Waals surface area contributed by atoms with Gasteiger partial charge in [-0.1, -0.05) is 41.4 Å². The summed E-state index contributed by atoms with van der Waals surface area (Å²) < 4.78 is 38.2.